The van der Waals surface area contributed by atoms with Crippen LogP contribution in [0.1, 0.15) is 27.7 Å². The molecule has 0 unspecified atom stereocenters. The van der Waals surface area contributed by atoms with Gasteiger partial charge in [-0.3, -0.25) is 0 Å². The molecule has 9 nitrogen and oxygen atoms in total. The van der Waals surface area contributed by atoms with Crippen LogP contribution in [0.4, 0.5) is 5.69 Å². The maximum Gasteiger partial charge on any atom is 0.466 e. The van der Waals surface area contributed by atoms with Crippen LogP contribution >= 0.6 is 7.82 Å². The minimum atomic E-state index is -4.64. The molecule has 0 fully saturated rings. The van der Waals surface area contributed by atoms with Crippen LogP contribution in [0.2, 0.25) is 0 Å². The molecule has 0 aliphatic rings. The lowest BCUT2D eigenvalue weighted by molar-refractivity contribution is 0.275. The lowest BCUT2D eigenvalue weighted by atomic mass is 10.3. The van der Waals surface area contributed by atoms with Crippen molar-refractivity contribution >= 4 is 23.5 Å². The average molecular weight is 397 g/mol. The summed E-state index contributed by atoms with van der Waals surface area (Å²) in [5.74, 6) is 0. The van der Waals surface area contributed by atoms with E-state index in [2.05, 4.69) is 5.32 Å². The third-order valence-corrected chi connectivity index (χ3v) is 5.04. The van der Waals surface area contributed by atoms with E-state index >= 15 is 0 Å². The lowest BCUT2D eigenvalue weighted by Crippen LogP contribution is -2.42. The number of nitrogens with one attached hydrogen (secondary N) is 1. The minimum Gasteiger partial charge on any atom is -0.399 e. The number of phosphoric acid groups is 1. The fraction of sp³-hybridized carbons (Fsp3) is 0.571. The lowest BCUT2D eigenvalue weighted by Gasteiger charge is -2.26. The molecule has 11 heteroatoms. The number of hydrogen-bond donors (Lipinski definition) is 5. The van der Waals surface area contributed by atoms with Gasteiger partial charge in [0, 0.05) is 30.9 Å². The molecule has 0 saturated carbocycles. The second-order valence-corrected chi connectivity index (χ2v) is 8.82. The van der Waals surface area contributed by atoms with Gasteiger partial charge in [0.15, 0.2) is 0 Å². The van der Waals surface area contributed by atoms with E-state index in [9.17, 15) is 8.42 Å². The van der Waals surface area contributed by atoms with Crippen molar-refractivity contribution in [3.63, 3.8) is 0 Å². The standard InChI is InChI=1S/C14H25N3O2S.H3O4P/c1-11(2)16-9-10-17(12(3)4)20(18,19)14-7-5-13(15)6-8-14;1-5(2,3)4/h5-8,11-12,16H,9-10,15H2,1-4H3;(H3,1,2,3,4). The van der Waals surface area contributed by atoms with Crippen LogP contribution in [0.15, 0.2) is 29.2 Å². The van der Waals surface area contributed by atoms with Gasteiger partial charge >= 0.3 is 7.82 Å². The summed E-state index contributed by atoms with van der Waals surface area (Å²) < 4.78 is 35.6. The zero-order chi connectivity index (χ0) is 19.8. The first-order valence-electron chi connectivity index (χ1n) is 7.64. The van der Waals surface area contributed by atoms with Crippen molar-refractivity contribution in [1.29, 1.82) is 0 Å². The molecule has 1 rings (SSSR count). The predicted molar refractivity (Wildman–Crippen MR) is 97.3 cm³/mol. The highest BCUT2D eigenvalue weighted by Crippen LogP contribution is 2.25. The van der Waals surface area contributed by atoms with Crippen molar-refractivity contribution in [3.05, 3.63) is 24.3 Å². The highest BCUT2D eigenvalue weighted by molar-refractivity contribution is 7.89. The number of rotatable bonds is 7. The van der Waals surface area contributed by atoms with Gasteiger partial charge in [-0.05, 0) is 38.1 Å². The molecule has 0 atom stereocenters. The van der Waals surface area contributed by atoms with Crippen molar-refractivity contribution in [3.8, 4) is 0 Å². The predicted octanol–water partition coefficient (Wildman–Crippen LogP) is 0.737. The summed E-state index contributed by atoms with van der Waals surface area (Å²) in [6, 6.07) is 6.57. The fourth-order valence-electron chi connectivity index (χ4n) is 1.89. The molecular weight excluding hydrogens is 369 g/mol. The second-order valence-electron chi connectivity index (χ2n) is 5.90. The van der Waals surface area contributed by atoms with Crippen LogP contribution in [-0.4, -0.2) is 52.6 Å². The number of nitrogens with zero attached hydrogens (tertiary/aromatic N) is 1. The van der Waals surface area contributed by atoms with E-state index in [1.807, 2.05) is 27.7 Å². The van der Waals surface area contributed by atoms with Gasteiger partial charge in [0.1, 0.15) is 0 Å². The van der Waals surface area contributed by atoms with Crippen LogP contribution in [-0.2, 0) is 14.6 Å². The molecule has 1 aromatic rings. The van der Waals surface area contributed by atoms with Crippen LogP contribution in [0.3, 0.4) is 0 Å². The van der Waals surface area contributed by atoms with Crippen molar-refractivity contribution in [2.24, 2.45) is 0 Å². The quantitative estimate of drug-likeness (QED) is 0.333. The molecule has 0 aliphatic heterocycles. The summed E-state index contributed by atoms with van der Waals surface area (Å²) in [7, 11) is -8.12. The number of hydrogen-bond acceptors (Lipinski definition) is 5. The van der Waals surface area contributed by atoms with E-state index in [1.165, 1.54) is 4.31 Å². The van der Waals surface area contributed by atoms with E-state index in [-0.39, 0.29) is 10.9 Å². The normalized spacial score (nSPS) is 12.4. The van der Waals surface area contributed by atoms with Crippen LogP contribution in [0.25, 0.3) is 0 Å². The highest BCUT2D eigenvalue weighted by atomic mass is 32.2. The molecule has 6 N–H and O–H groups in total. The summed E-state index contributed by atoms with van der Waals surface area (Å²) in [6.45, 7) is 8.91. The molecule has 0 aliphatic carbocycles. The maximum atomic E-state index is 12.6. The summed E-state index contributed by atoms with van der Waals surface area (Å²) in [4.78, 5) is 21.8. The second kappa shape index (κ2) is 10.2. The SMILES string of the molecule is CC(C)NCCN(C(C)C)S(=O)(=O)c1ccc(N)cc1.O=P(O)(O)O. The van der Waals surface area contributed by atoms with E-state index in [0.29, 0.717) is 24.8 Å². The van der Waals surface area contributed by atoms with Gasteiger partial charge in [-0.1, -0.05) is 13.8 Å². The smallest absolute Gasteiger partial charge is 0.399 e. The summed E-state index contributed by atoms with van der Waals surface area (Å²) in [6.07, 6.45) is 0. The Morgan fingerprint density at radius 3 is 1.92 bits per heavy atom. The topological polar surface area (TPSA) is 153 Å². The zero-order valence-corrected chi connectivity index (χ0v) is 16.5. The van der Waals surface area contributed by atoms with E-state index in [4.69, 9.17) is 25.0 Å². The molecule has 0 radical (unpaired) electrons. The molecule has 1 aromatic carbocycles. The Morgan fingerprint density at radius 1 is 1.12 bits per heavy atom. The molecule has 0 bridgehead atoms. The Labute approximate surface area is 149 Å². The zero-order valence-electron chi connectivity index (χ0n) is 14.8. The Bertz CT molecular complexity index is 649. The number of nitrogen functional groups attached to an aromatic ring is 1. The first-order valence-corrected chi connectivity index (χ1v) is 10.6. The largest absolute Gasteiger partial charge is 0.466 e. The van der Waals surface area contributed by atoms with Gasteiger partial charge in [-0.2, -0.15) is 4.31 Å². The monoisotopic (exact) mass is 397 g/mol. The van der Waals surface area contributed by atoms with Gasteiger partial charge in [-0.25, -0.2) is 13.0 Å². The van der Waals surface area contributed by atoms with Crippen LogP contribution in [0.5, 0.6) is 0 Å². The minimum absolute atomic E-state index is 0.0912. The molecular formula is C14H28N3O6PS. The molecule has 0 amide bonds. The fourth-order valence-corrected chi connectivity index (χ4v) is 3.53. The van der Waals surface area contributed by atoms with E-state index in [0.717, 1.165) is 0 Å². The van der Waals surface area contributed by atoms with Gasteiger partial charge in [0.25, 0.3) is 0 Å². The summed E-state index contributed by atoms with van der Waals surface area (Å²) in [5, 5.41) is 3.24. The Morgan fingerprint density at radius 2 is 1.56 bits per heavy atom. The third kappa shape index (κ3) is 10.6. The average Bonchev–Trinajstić information content (AvgIpc) is 2.41. The number of anilines is 1. The number of nitrogens with two attached hydrogens (primary N) is 1. The van der Waals surface area contributed by atoms with Gasteiger partial charge in [-0.15, -0.1) is 0 Å². The van der Waals surface area contributed by atoms with Gasteiger partial charge in [0.05, 0.1) is 4.90 Å². The Hall–Kier alpha value is -1.00. The maximum absolute atomic E-state index is 12.6. The first-order chi connectivity index (χ1) is 11.2. The number of sulfonamides is 1. The Kier molecular flexibility index (Phi) is 9.81. The molecule has 0 aromatic heterocycles. The molecule has 25 heavy (non-hydrogen) atoms. The molecule has 146 valence electrons. The van der Waals surface area contributed by atoms with Crippen LogP contribution < -0.4 is 11.1 Å². The highest BCUT2D eigenvalue weighted by Gasteiger charge is 2.26. The van der Waals surface area contributed by atoms with Gasteiger partial charge in [0.2, 0.25) is 10.0 Å². The van der Waals surface area contributed by atoms with E-state index in [1.54, 1.807) is 24.3 Å². The summed E-state index contributed by atoms with van der Waals surface area (Å²) >= 11 is 0. The first kappa shape index (κ1) is 24.0. The van der Waals surface area contributed by atoms with Crippen molar-refractivity contribution in [2.45, 2.75) is 44.7 Å². The third-order valence-electron chi connectivity index (χ3n) is 2.95. The summed E-state index contributed by atoms with van der Waals surface area (Å²) in [5.41, 5.74) is 6.16. The van der Waals surface area contributed by atoms with Crippen molar-refractivity contribution in [2.75, 3.05) is 18.8 Å². The molecule has 0 heterocycles. The number of benzene rings is 1. The molecule has 0 spiro atoms. The van der Waals surface area contributed by atoms with Gasteiger partial charge < -0.3 is 25.7 Å². The Balaban J connectivity index is 0.00000101. The van der Waals surface area contributed by atoms with Crippen LogP contribution in [0, 0.1) is 0 Å². The van der Waals surface area contributed by atoms with E-state index < -0.39 is 17.8 Å². The van der Waals surface area contributed by atoms with Crippen molar-refractivity contribution in [1.82, 2.24) is 9.62 Å². The van der Waals surface area contributed by atoms with Crippen molar-refractivity contribution < 1.29 is 27.7 Å². The molecule has 0 saturated heterocycles.